The van der Waals surface area contributed by atoms with Crippen LogP contribution in [0.15, 0.2) is 30.5 Å². The molecule has 0 radical (unpaired) electrons. The van der Waals surface area contributed by atoms with Crippen molar-refractivity contribution < 1.29 is 4.74 Å². The molecule has 4 heteroatoms. The first-order valence-corrected chi connectivity index (χ1v) is 8.16. The van der Waals surface area contributed by atoms with Gasteiger partial charge in [0.1, 0.15) is 5.75 Å². The number of methoxy groups -OCH3 is 1. The van der Waals surface area contributed by atoms with Crippen LogP contribution in [0, 0.1) is 0 Å². The number of pyridine rings is 1. The van der Waals surface area contributed by atoms with Gasteiger partial charge in [0.25, 0.3) is 0 Å². The second-order valence-corrected chi connectivity index (χ2v) is 5.72. The van der Waals surface area contributed by atoms with Gasteiger partial charge in [-0.3, -0.25) is 4.98 Å². The molecule has 0 spiro atoms. The van der Waals surface area contributed by atoms with Crippen molar-refractivity contribution in [2.75, 3.05) is 19.0 Å². The van der Waals surface area contributed by atoms with Crippen LogP contribution < -0.4 is 15.8 Å². The number of benzene rings is 1. The third-order valence-electron chi connectivity index (χ3n) is 3.91. The van der Waals surface area contributed by atoms with Gasteiger partial charge >= 0.3 is 0 Å². The Hall–Kier alpha value is -1.81. The highest BCUT2D eigenvalue weighted by Crippen LogP contribution is 2.27. The monoisotopic (exact) mass is 301 g/mol. The molecule has 2 rings (SSSR count). The SMILES string of the molecule is CCCC[C@H](N)CCCNc1cc(OC)cc2cccnc12. The van der Waals surface area contributed by atoms with Crippen LogP contribution in [0.5, 0.6) is 5.75 Å². The van der Waals surface area contributed by atoms with Gasteiger partial charge in [-0.15, -0.1) is 0 Å². The van der Waals surface area contributed by atoms with E-state index in [4.69, 9.17) is 10.5 Å². The largest absolute Gasteiger partial charge is 0.497 e. The van der Waals surface area contributed by atoms with E-state index in [1.165, 1.54) is 12.8 Å². The van der Waals surface area contributed by atoms with Gasteiger partial charge in [-0.2, -0.15) is 0 Å². The molecule has 0 amide bonds. The molecule has 0 aliphatic carbocycles. The van der Waals surface area contributed by atoms with Crippen molar-refractivity contribution >= 4 is 16.6 Å². The van der Waals surface area contributed by atoms with E-state index in [0.717, 1.165) is 48.1 Å². The number of hydrogen-bond donors (Lipinski definition) is 2. The zero-order valence-corrected chi connectivity index (χ0v) is 13.6. The fraction of sp³-hybridized carbons (Fsp3) is 0.500. The Morgan fingerprint density at radius 3 is 2.86 bits per heavy atom. The van der Waals surface area contributed by atoms with Crippen molar-refractivity contribution in [3.8, 4) is 5.75 Å². The van der Waals surface area contributed by atoms with E-state index in [2.05, 4.69) is 23.3 Å². The number of hydrogen-bond acceptors (Lipinski definition) is 4. The van der Waals surface area contributed by atoms with Gasteiger partial charge in [0.05, 0.1) is 18.3 Å². The quantitative estimate of drug-likeness (QED) is 0.688. The van der Waals surface area contributed by atoms with E-state index in [0.29, 0.717) is 6.04 Å². The molecule has 0 saturated carbocycles. The first-order chi connectivity index (χ1) is 10.7. The van der Waals surface area contributed by atoms with E-state index < -0.39 is 0 Å². The van der Waals surface area contributed by atoms with Crippen molar-refractivity contribution in [1.29, 1.82) is 0 Å². The number of nitrogens with zero attached hydrogens (tertiary/aromatic N) is 1. The Kier molecular flexibility index (Phi) is 6.46. The molecule has 0 saturated heterocycles. The minimum absolute atomic E-state index is 0.321. The minimum atomic E-state index is 0.321. The number of ether oxygens (including phenoxy) is 1. The second kappa shape index (κ2) is 8.59. The normalized spacial score (nSPS) is 12.3. The number of aromatic nitrogens is 1. The molecule has 1 heterocycles. The van der Waals surface area contributed by atoms with Gasteiger partial charge < -0.3 is 15.8 Å². The number of nitrogens with two attached hydrogens (primary N) is 1. The minimum Gasteiger partial charge on any atom is -0.497 e. The van der Waals surface area contributed by atoms with Crippen molar-refractivity contribution in [3.05, 3.63) is 30.5 Å². The van der Waals surface area contributed by atoms with Gasteiger partial charge in [-0.1, -0.05) is 25.8 Å². The molecule has 0 aliphatic heterocycles. The summed E-state index contributed by atoms with van der Waals surface area (Å²) in [6.07, 6.45) is 7.51. The van der Waals surface area contributed by atoms with E-state index in [1.54, 1.807) is 7.11 Å². The number of anilines is 1. The number of rotatable bonds is 9. The predicted octanol–water partition coefficient (Wildman–Crippen LogP) is 3.95. The zero-order valence-electron chi connectivity index (χ0n) is 13.6. The van der Waals surface area contributed by atoms with Crippen LogP contribution in [0.3, 0.4) is 0 Å². The summed E-state index contributed by atoms with van der Waals surface area (Å²) in [7, 11) is 1.69. The molecule has 1 aromatic heterocycles. The van der Waals surface area contributed by atoms with Crippen molar-refractivity contribution in [2.24, 2.45) is 5.73 Å². The Morgan fingerprint density at radius 1 is 1.27 bits per heavy atom. The van der Waals surface area contributed by atoms with Crippen LogP contribution in [-0.4, -0.2) is 24.7 Å². The standard InChI is InChI=1S/C18H27N3O/c1-3-4-8-15(19)9-6-10-20-17-13-16(22-2)12-14-7-5-11-21-18(14)17/h5,7,11-13,15,20H,3-4,6,8-10,19H2,1-2H3/t15-/m0/s1. The van der Waals surface area contributed by atoms with Gasteiger partial charge in [0.15, 0.2) is 0 Å². The summed E-state index contributed by atoms with van der Waals surface area (Å²) in [5.41, 5.74) is 8.13. The highest BCUT2D eigenvalue weighted by molar-refractivity contribution is 5.91. The van der Waals surface area contributed by atoms with Gasteiger partial charge in [-0.25, -0.2) is 0 Å². The van der Waals surface area contributed by atoms with Crippen LogP contribution in [0.2, 0.25) is 0 Å². The molecule has 4 nitrogen and oxygen atoms in total. The van der Waals surface area contributed by atoms with Gasteiger partial charge in [0.2, 0.25) is 0 Å². The highest BCUT2D eigenvalue weighted by Gasteiger charge is 2.06. The van der Waals surface area contributed by atoms with Gasteiger partial charge in [-0.05, 0) is 31.4 Å². The Balaban J connectivity index is 1.93. The molecule has 0 fully saturated rings. The van der Waals surface area contributed by atoms with E-state index in [-0.39, 0.29) is 0 Å². The maximum Gasteiger partial charge on any atom is 0.121 e. The summed E-state index contributed by atoms with van der Waals surface area (Å²) < 4.78 is 5.36. The molecule has 0 aliphatic rings. The smallest absolute Gasteiger partial charge is 0.121 e. The van der Waals surface area contributed by atoms with Crippen LogP contribution in [-0.2, 0) is 0 Å². The first kappa shape index (κ1) is 16.6. The summed E-state index contributed by atoms with van der Waals surface area (Å²) in [4.78, 5) is 4.47. The fourth-order valence-electron chi connectivity index (χ4n) is 2.62. The molecule has 0 bridgehead atoms. The topological polar surface area (TPSA) is 60.2 Å². The molecule has 22 heavy (non-hydrogen) atoms. The molecule has 1 atom stereocenters. The Morgan fingerprint density at radius 2 is 2.09 bits per heavy atom. The lowest BCUT2D eigenvalue weighted by atomic mass is 10.1. The highest BCUT2D eigenvalue weighted by atomic mass is 16.5. The number of nitrogens with one attached hydrogen (secondary N) is 1. The molecular formula is C18H27N3O. The molecule has 0 unspecified atom stereocenters. The lowest BCUT2D eigenvalue weighted by Crippen LogP contribution is -2.20. The molecular weight excluding hydrogens is 274 g/mol. The average Bonchev–Trinajstić information content (AvgIpc) is 2.56. The third kappa shape index (κ3) is 4.60. The summed E-state index contributed by atoms with van der Waals surface area (Å²) in [5, 5.41) is 4.56. The van der Waals surface area contributed by atoms with E-state index in [9.17, 15) is 0 Å². The first-order valence-electron chi connectivity index (χ1n) is 8.16. The summed E-state index contributed by atoms with van der Waals surface area (Å²) >= 11 is 0. The summed E-state index contributed by atoms with van der Waals surface area (Å²) in [6.45, 7) is 3.11. The maximum absolute atomic E-state index is 6.12. The maximum atomic E-state index is 6.12. The third-order valence-corrected chi connectivity index (χ3v) is 3.91. The number of fused-ring (bicyclic) bond motifs is 1. The average molecular weight is 301 g/mol. The summed E-state index contributed by atoms with van der Waals surface area (Å²) in [5.74, 6) is 0.850. The zero-order chi connectivity index (χ0) is 15.8. The van der Waals surface area contributed by atoms with Crippen molar-refractivity contribution in [1.82, 2.24) is 4.98 Å². The Bertz CT molecular complexity index is 586. The lowest BCUT2D eigenvalue weighted by Gasteiger charge is -2.13. The fourth-order valence-corrected chi connectivity index (χ4v) is 2.62. The second-order valence-electron chi connectivity index (χ2n) is 5.72. The van der Waals surface area contributed by atoms with Crippen LogP contribution in [0.25, 0.3) is 10.9 Å². The summed E-state index contributed by atoms with van der Waals surface area (Å²) in [6, 6.07) is 8.33. The Labute approximate surface area is 133 Å². The van der Waals surface area contributed by atoms with E-state index in [1.807, 2.05) is 24.4 Å². The van der Waals surface area contributed by atoms with Crippen LogP contribution in [0.4, 0.5) is 5.69 Å². The van der Waals surface area contributed by atoms with Crippen LogP contribution >= 0.6 is 0 Å². The van der Waals surface area contributed by atoms with Crippen molar-refractivity contribution in [3.63, 3.8) is 0 Å². The molecule has 1 aromatic carbocycles. The predicted molar refractivity (Wildman–Crippen MR) is 93.5 cm³/mol. The molecule has 3 N–H and O–H groups in total. The van der Waals surface area contributed by atoms with Crippen LogP contribution in [0.1, 0.15) is 39.0 Å². The van der Waals surface area contributed by atoms with Crippen molar-refractivity contribution in [2.45, 2.75) is 45.1 Å². The molecule has 120 valence electrons. The lowest BCUT2D eigenvalue weighted by molar-refractivity contribution is 0.415. The van der Waals surface area contributed by atoms with Gasteiger partial charge in [0, 0.05) is 30.2 Å². The molecule has 2 aromatic rings. The number of unbranched alkanes of at least 4 members (excludes halogenated alkanes) is 1. The van der Waals surface area contributed by atoms with E-state index >= 15 is 0 Å².